The average molecular weight is 319 g/mol. The first kappa shape index (κ1) is 15.7. The summed E-state index contributed by atoms with van der Waals surface area (Å²) in [5.74, 6) is -0.347. The first-order chi connectivity index (χ1) is 11.7. The highest BCUT2D eigenvalue weighted by atomic mass is 16.4. The monoisotopic (exact) mass is 319 g/mol. The van der Waals surface area contributed by atoms with E-state index >= 15 is 0 Å². The van der Waals surface area contributed by atoms with E-state index in [9.17, 15) is 4.79 Å². The van der Waals surface area contributed by atoms with E-state index in [1.807, 2.05) is 18.2 Å². The minimum absolute atomic E-state index is 0.226. The molecule has 2 aromatic carbocycles. The third-order valence-electron chi connectivity index (χ3n) is 3.71. The number of aromatic nitrogens is 2. The van der Waals surface area contributed by atoms with E-state index in [1.165, 1.54) is 11.9 Å². The van der Waals surface area contributed by atoms with Gasteiger partial charge in [-0.2, -0.15) is 0 Å². The van der Waals surface area contributed by atoms with Crippen molar-refractivity contribution in [3.63, 3.8) is 0 Å². The van der Waals surface area contributed by atoms with Gasteiger partial charge < -0.3 is 10.4 Å². The molecule has 0 unspecified atom stereocenters. The molecule has 0 saturated carbocycles. The first-order valence-corrected chi connectivity index (χ1v) is 7.67. The molecular weight excluding hydrogens is 302 g/mol. The van der Waals surface area contributed by atoms with Crippen LogP contribution in [0, 0.1) is 0 Å². The molecule has 0 aliphatic heterocycles. The van der Waals surface area contributed by atoms with Gasteiger partial charge in [-0.1, -0.05) is 37.3 Å². The van der Waals surface area contributed by atoms with E-state index in [4.69, 9.17) is 5.11 Å². The van der Waals surface area contributed by atoms with Gasteiger partial charge in [-0.15, -0.1) is 0 Å². The summed E-state index contributed by atoms with van der Waals surface area (Å²) in [4.78, 5) is 19.5. The highest BCUT2D eigenvalue weighted by Gasteiger charge is 2.06. The molecular formula is C19H17N3O2. The molecule has 2 N–H and O–H groups in total. The molecule has 0 saturated heterocycles. The van der Waals surface area contributed by atoms with Crippen LogP contribution in [-0.2, 0) is 6.42 Å². The molecule has 0 aliphatic carbocycles. The van der Waals surface area contributed by atoms with Crippen molar-refractivity contribution >= 4 is 17.5 Å². The standard InChI is InChI=1S/C19H17N3O2/c1-2-13-6-8-14(9-7-13)17-11-18(21-12-20-17)22-16-5-3-4-15(10-16)19(23)24/h3-12H,2H2,1H3,(H,23,24)(H,20,21,22). The molecule has 0 radical (unpaired) electrons. The number of benzene rings is 2. The lowest BCUT2D eigenvalue weighted by molar-refractivity contribution is 0.0697. The predicted octanol–water partition coefficient (Wildman–Crippen LogP) is 4.15. The van der Waals surface area contributed by atoms with Crippen LogP contribution in [-0.4, -0.2) is 21.0 Å². The summed E-state index contributed by atoms with van der Waals surface area (Å²) >= 11 is 0. The molecule has 0 aliphatic rings. The van der Waals surface area contributed by atoms with E-state index in [0.717, 1.165) is 17.7 Å². The van der Waals surface area contributed by atoms with Crippen LogP contribution >= 0.6 is 0 Å². The number of carboxylic acids is 1. The van der Waals surface area contributed by atoms with Crippen molar-refractivity contribution in [2.45, 2.75) is 13.3 Å². The number of aryl methyl sites for hydroxylation is 1. The number of carboxylic acid groups (broad SMARTS) is 1. The number of carbonyl (C=O) groups is 1. The topological polar surface area (TPSA) is 75.1 Å². The summed E-state index contributed by atoms with van der Waals surface area (Å²) in [6.07, 6.45) is 2.49. The summed E-state index contributed by atoms with van der Waals surface area (Å²) in [5, 5.41) is 12.2. The minimum atomic E-state index is -0.960. The Morgan fingerprint density at radius 1 is 1.08 bits per heavy atom. The largest absolute Gasteiger partial charge is 0.478 e. The van der Waals surface area contributed by atoms with Gasteiger partial charge >= 0.3 is 5.97 Å². The lowest BCUT2D eigenvalue weighted by Crippen LogP contribution is -1.99. The van der Waals surface area contributed by atoms with Gasteiger partial charge in [0.15, 0.2) is 0 Å². The Morgan fingerprint density at radius 3 is 2.58 bits per heavy atom. The molecule has 3 rings (SSSR count). The Kier molecular flexibility index (Phi) is 4.52. The van der Waals surface area contributed by atoms with Gasteiger partial charge in [0.25, 0.3) is 0 Å². The molecule has 1 heterocycles. The van der Waals surface area contributed by atoms with E-state index in [2.05, 4.69) is 34.3 Å². The normalized spacial score (nSPS) is 10.4. The molecule has 0 amide bonds. The summed E-state index contributed by atoms with van der Waals surface area (Å²) in [7, 11) is 0. The van der Waals surface area contributed by atoms with Crippen molar-refractivity contribution in [2.24, 2.45) is 0 Å². The maximum absolute atomic E-state index is 11.0. The highest BCUT2D eigenvalue weighted by Crippen LogP contribution is 2.22. The molecule has 24 heavy (non-hydrogen) atoms. The molecule has 0 atom stereocenters. The maximum Gasteiger partial charge on any atom is 0.335 e. The molecule has 0 fully saturated rings. The SMILES string of the molecule is CCc1ccc(-c2cc(Nc3cccc(C(=O)O)c3)ncn2)cc1. The number of aromatic carboxylic acids is 1. The van der Waals surface area contributed by atoms with Gasteiger partial charge in [-0.25, -0.2) is 14.8 Å². The number of hydrogen-bond donors (Lipinski definition) is 2. The second kappa shape index (κ2) is 6.91. The number of anilines is 2. The Balaban J connectivity index is 1.85. The molecule has 120 valence electrons. The molecule has 1 aromatic heterocycles. The smallest absolute Gasteiger partial charge is 0.335 e. The Labute approximate surface area is 140 Å². The van der Waals surface area contributed by atoms with Crippen molar-refractivity contribution in [1.82, 2.24) is 9.97 Å². The van der Waals surface area contributed by atoms with Crippen molar-refractivity contribution in [3.8, 4) is 11.3 Å². The van der Waals surface area contributed by atoms with Crippen molar-refractivity contribution in [2.75, 3.05) is 5.32 Å². The summed E-state index contributed by atoms with van der Waals surface area (Å²) in [5.41, 5.74) is 3.99. The van der Waals surface area contributed by atoms with Crippen LogP contribution in [0.2, 0.25) is 0 Å². The summed E-state index contributed by atoms with van der Waals surface area (Å²) in [6.45, 7) is 2.12. The maximum atomic E-state index is 11.0. The minimum Gasteiger partial charge on any atom is -0.478 e. The molecule has 0 spiro atoms. The van der Waals surface area contributed by atoms with Gasteiger partial charge in [-0.05, 0) is 30.2 Å². The van der Waals surface area contributed by atoms with Crippen LogP contribution in [0.5, 0.6) is 0 Å². The van der Waals surface area contributed by atoms with Crippen LogP contribution in [0.1, 0.15) is 22.8 Å². The second-order valence-corrected chi connectivity index (χ2v) is 5.35. The predicted molar refractivity (Wildman–Crippen MR) is 93.5 cm³/mol. The zero-order chi connectivity index (χ0) is 16.9. The van der Waals surface area contributed by atoms with Gasteiger partial charge in [0.05, 0.1) is 11.3 Å². The summed E-state index contributed by atoms with van der Waals surface area (Å²) in [6, 6.07) is 16.7. The number of hydrogen-bond acceptors (Lipinski definition) is 4. The van der Waals surface area contributed by atoms with Crippen LogP contribution in [0.3, 0.4) is 0 Å². The molecule has 3 aromatic rings. The fourth-order valence-electron chi connectivity index (χ4n) is 2.37. The van der Waals surface area contributed by atoms with Crippen LogP contribution < -0.4 is 5.32 Å². The lowest BCUT2D eigenvalue weighted by Gasteiger charge is -2.08. The van der Waals surface area contributed by atoms with E-state index in [1.54, 1.807) is 24.3 Å². The van der Waals surface area contributed by atoms with E-state index < -0.39 is 5.97 Å². The Morgan fingerprint density at radius 2 is 1.88 bits per heavy atom. The third-order valence-corrected chi connectivity index (χ3v) is 3.71. The van der Waals surface area contributed by atoms with Gasteiger partial charge in [0.1, 0.15) is 12.1 Å². The van der Waals surface area contributed by atoms with E-state index in [0.29, 0.717) is 11.5 Å². The number of nitrogens with zero attached hydrogens (tertiary/aromatic N) is 2. The van der Waals surface area contributed by atoms with Crippen molar-refractivity contribution in [1.29, 1.82) is 0 Å². The molecule has 5 heteroatoms. The number of nitrogens with one attached hydrogen (secondary N) is 1. The molecule has 0 bridgehead atoms. The van der Waals surface area contributed by atoms with Crippen molar-refractivity contribution < 1.29 is 9.90 Å². The fraction of sp³-hybridized carbons (Fsp3) is 0.105. The van der Waals surface area contributed by atoms with Crippen molar-refractivity contribution in [3.05, 3.63) is 72.1 Å². The van der Waals surface area contributed by atoms with Gasteiger partial charge in [0.2, 0.25) is 0 Å². The quantitative estimate of drug-likeness (QED) is 0.739. The van der Waals surface area contributed by atoms with Gasteiger partial charge in [-0.3, -0.25) is 0 Å². The zero-order valence-electron chi connectivity index (χ0n) is 13.2. The molecule has 5 nitrogen and oxygen atoms in total. The zero-order valence-corrected chi connectivity index (χ0v) is 13.2. The summed E-state index contributed by atoms with van der Waals surface area (Å²) < 4.78 is 0. The second-order valence-electron chi connectivity index (χ2n) is 5.35. The number of rotatable bonds is 5. The van der Waals surface area contributed by atoms with Gasteiger partial charge in [0, 0.05) is 17.3 Å². The first-order valence-electron chi connectivity index (χ1n) is 7.67. The fourth-order valence-corrected chi connectivity index (χ4v) is 2.37. The Bertz CT molecular complexity index is 860. The average Bonchev–Trinajstić information content (AvgIpc) is 2.62. The third kappa shape index (κ3) is 3.57. The Hall–Kier alpha value is -3.21. The van der Waals surface area contributed by atoms with Crippen LogP contribution in [0.25, 0.3) is 11.3 Å². The highest BCUT2D eigenvalue weighted by molar-refractivity contribution is 5.89. The lowest BCUT2D eigenvalue weighted by atomic mass is 10.1. The van der Waals surface area contributed by atoms with E-state index in [-0.39, 0.29) is 5.56 Å². The van der Waals surface area contributed by atoms with Crippen LogP contribution in [0.4, 0.5) is 11.5 Å². The van der Waals surface area contributed by atoms with Crippen LogP contribution in [0.15, 0.2) is 60.9 Å².